The van der Waals surface area contributed by atoms with Crippen LogP contribution >= 0.6 is 36.6 Å². The zero-order valence-electron chi connectivity index (χ0n) is 15.0. The van der Waals surface area contributed by atoms with Crippen LogP contribution in [0.3, 0.4) is 0 Å². The molecule has 1 aliphatic heterocycles. The number of anilines is 1. The van der Waals surface area contributed by atoms with Gasteiger partial charge in [-0.2, -0.15) is 0 Å². The molecule has 0 radical (unpaired) electrons. The number of nitrogens with zero attached hydrogens (tertiary/aromatic N) is 1. The van der Waals surface area contributed by atoms with Crippen molar-refractivity contribution in [1.29, 1.82) is 0 Å². The quantitative estimate of drug-likeness (QED) is 0.689. The summed E-state index contributed by atoms with van der Waals surface area (Å²) in [5.74, 6) is 1.30. The molecule has 27 heavy (non-hydrogen) atoms. The van der Waals surface area contributed by atoms with Gasteiger partial charge in [-0.3, -0.25) is 9.78 Å². The number of pyridine rings is 1. The maximum Gasteiger partial charge on any atom is 0.228 e. The standard InChI is InChI=1S/C20H23N3OS.2ClH/c24-19(18-12-20(18)7-10-21-11-8-20)23-16-3-5-17(6-4-16)25-14-15-2-1-9-22-13-15;;/h1-6,9,13,18,21H,7-8,10-12,14H2,(H,23,24);2*1H. The van der Waals surface area contributed by atoms with Crippen LogP contribution in [-0.2, 0) is 10.5 Å². The van der Waals surface area contributed by atoms with Gasteiger partial charge in [-0.15, -0.1) is 36.6 Å². The van der Waals surface area contributed by atoms with Gasteiger partial charge in [-0.25, -0.2) is 0 Å². The molecule has 4 rings (SSSR count). The first-order valence-corrected chi connectivity index (χ1v) is 9.87. The van der Waals surface area contributed by atoms with Crippen molar-refractivity contribution in [3.63, 3.8) is 0 Å². The second-order valence-electron chi connectivity index (χ2n) is 7.03. The van der Waals surface area contributed by atoms with E-state index in [1.807, 2.05) is 24.4 Å². The van der Waals surface area contributed by atoms with Crippen LogP contribution in [0.1, 0.15) is 24.8 Å². The van der Waals surface area contributed by atoms with Crippen LogP contribution in [0.2, 0.25) is 0 Å². The Morgan fingerprint density at radius 1 is 1.19 bits per heavy atom. The Balaban J connectivity index is 0.00000131. The maximum absolute atomic E-state index is 12.5. The predicted octanol–water partition coefficient (Wildman–Crippen LogP) is 4.55. The first-order valence-electron chi connectivity index (χ1n) is 8.89. The lowest BCUT2D eigenvalue weighted by molar-refractivity contribution is -0.118. The number of halogens is 2. The molecule has 1 saturated carbocycles. The minimum absolute atomic E-state index is 0. The number of benzene rings is 1. The summed E-state index contributed by atoms with van der Waals surface area (Å²) in [5, 5.41) is 6.48. The van der Waals surface area contributed by atoms with Crippen LogP contribution in [-0.4, -0.2) is 24.0 Å². The Morgan fingerprint density at radius 3 is 2.59 bits per heavy atom. The summed E-state index contributed by atoms with van der Waals surface area (Å²) < 4.78 is 0. The van der Waals surface area contributed by atoms with Gasteiger partial charge in [-0.05, 0) is 73.7 Å². The van der Waals surface area contributed by atoms with E-state index in [1.165, 1.54) is 10.5 Å². The van der Waals surface area contributed by atoms with E-state index < -0.39 is 0 Å². The Bertz CT molecular complexity index is 737. The van der Waals surface area contributed by atoms with Crippen LogP contribution in [0.25, 0.3) is 0 Å². The lowest BCUT2D eigenvalue weighted by Gasteiger charge is -2.23. The first kappa shape index (κ1) is 22.0. The van der Waals surface area contributed by atoms with Gasteiger partial charge in [0.2, 0.25) is 5.91 Å². The number of thioether (sulfide) groups is 1. The molecule has 146 valence electrons. The van der Waals surface area contributed by atoms with Crippen molar-refractivity contribution in [3.05, 3.63) is 54.4 Å². The fraction of sp³-hybridized carbons (Fsp3) is 0.400. The predicted molar refractivity (Wildman–Crippen MR) is 116 cm³/mol. The number of nitrogens with one attached hydrogen (secondary N) is 2. The Morgan fingerprint density at radius 2 is 1.93 bits per heavy atom. The minimum Gasteiger partial charge on any atom is -0.326 e. The van der Waals surface area contributed by atoms with Crippen molar-refractivity contribution in [2.24, 2.45) is 11.3 Å². The van der Waals surface area contributed by atoms with E-state index in [0.717, 1.165) is 43.8 Å². The molecule has 2 aromatic rings. The molecule has 2 fully saturated rings. The molecule has 1 unspecified atom stereocenters. The molecule has 1 amide bonds. The third-order valence-corrected chi connectivity index (χ3v) is 6.44. The molecule has 1 atom stereocenters. The van der Waals surface area contributed by atoms with E-state index in [2.05, 4.69) is 33.8 Å². The van der Waals surface area contributed by atoms with E-state index in [-0.39, 0.29) is 42.1 Å². The normalized spacial score (nSPS) is 19.5. The zero-order valence-corrected chi connectivity index (χ0v) is 17.5. The summed E-state index contributed by atoms with van der Waals surface area (Å²) in [7, 11) is 0. The van der Waals surface area contributed by atoms with E-state index in [9.17, 15) is 4.79 Å². The van der Waals surface area contributed by atoms with Crippen molar-refractivity contribution in [2.75, 3.05) is 18.4 Å². The summed E-state index contributed by atoms with van der Waals surface area (Å²) >= 11 is 1.78. The average Bonchev–Trinajstić information content (AvgIpc) is 3.35. The van der Waals surface area contributed by atoms with Gasteiger partial charge >= 0.3 is 0 Å². The number of rotatable bonds is 5. The van der Waals surface area contributed by atoms with Crippen LogP contribution in [0.4, 0.5) is 5.69 Å². The van der Waals surface area contributed by atoms with Crippen LogP contribution in [0, 0.1) is 11.3 Å². The van der Waals surface area contributed by atoms with Gasteiger partial charge in [0, 0.05) is 34.6 Å². The smallest absolute Gasteiger partial charge is 0.228 e. The van der Waals surface area contributed by atoms with Crippen LogP contribution < -0.4 is 10.6 Å². The van der Waals surface area contributed by atoms with Crippen molar-refractivity contribution in [3.8, 4) is 0 Å². The topological polar surface area (TPSA) is 54.0 Å². The third-order valence-electron chi connectivity index (χ3n) is 5.36. The monoisotopic (exact) mass is 425 g/mol. The minimum atomic E-state index is 0. The highest BCUT2D eigenvalue weighted by Gasteiger charge is 2.57. The second-order valence-corrected chi connectivity index (χ2v) is 8.08. The Hall–Kier alpha value is -1.27. The van der Waals surface area contributed by atoms with E-state index in [4.69, 9.17) is 0 Å². The molecular weight excluding hydrogens is 401 g/mol. The summed E-state index contributed by atoms with van der Waals surface area (Å²) in [6.07, 6.45) is 7.01. The number of carbonyl (C=O) groups is 1. The summed E-state index contributed by atoms with van der Waals surface area (Å²) in [6.45, 7) is 2.10. The summed E-state index contributed by atoms with van der Waals surface area (Å²) in [6, 6.07) is 12.2. The second kappa shape index (κ2) is 9.78. The highest BCUT2D eigenvalue weighted by atomic mass is 35.5. The molecular formula is C20H25Cl2N3OS. The molecule has 1 aromatic heterocycles. The van der Waals surface area contributed by atoms with Crippen molar-refractivity contribution >= 4 is 48.2 Å². The van der Waals surface area contributed by atoms with Gasteiger partial charge in [0.15, 0.2) is 0 Å². The molecule has 1 aromatic carbocycles. The maximum atomic E-state index is 12.5. The molecule has 7 heteroatoms. The molecule has 1 aliphatic carbocycles. The molecule has 2 N–H and O–H groups in total. The SMILES string of the molecule is Cl.Cl.O=C(Nc1ccc(SCc2cccnc2)cc1)C1CC12CCNCC2. The van der Waals surface area contributed by atoms with Gasteiger partial charge in [0.05, 0.1) is 0 Å². The average molecular weight is 426 g/mol. The zero-order chi connectivity index (χ0) is 17.1. The van der Waals surface area contributed by atoms with Crippen molar-refractivity contribution in [2.45, 2.75) is 29.9 Å². The summed E-state index contributed by atoms with van der Waals surface area (Å²) in [4.78, 5) is 17.8. The molecule has 0 bridgehead atoms. The van der Waals surface area contributed by atoms with E-state index in [1.54, 1.807) is 18.0 Å². The number of carbonyl (C=O) groups excluding carboxylic acids is 1. The molecule has 4 nitrogen and oxygen atoms in total. The van der Waals surface area contributed by atoms with E-state index in [0.29, 0.717) is 0 Å². The largest absolute Gasteiger partial charge is 0.326 e. The van der Waals surface area contributed by atoms with Gasteiger partial charge in [0.25, 0.3) is 0 Å². The lowest BCUT2D eigenvalue weighted by Crippen LogP contribution is -2.31. The van der Waals surface area contributed by atoms with E-state index >= 15 is 0 Å². The van der Waals surface area contributed by atoms with Gasteiger partial charge in [0.1, 0.15) is 0 Å². The van der Waals surface area contributed by atoms with Gasteiger partial charge < -0.3 is 10.6 Å². The fourth-order valence-electron chi connectivity index (χ4n) is 3.71. The number of aromatic nitrogens is 1. The number of piperidine rings is 1. The number of amides is 1. The van der Waals surface area contributed by atoms with Crippen molar-refractivity contribution in [1.82, 2.24) is 10.3 Å². The fourth-order valence-corrected chi connectivity index (χ4v) is 4.54. The molecule has 1 spiro atoms. The van der Waals surface area contributed by atoms with Gasteiger partial charge in [-0.1, -0.05) is 6.07 Å². The first-order chi connectivity index (χ1) is 12.3. The van der Waals surface area contributed by atoms with Crippen LogP contribution in [0.15, 0.2) is 53.7 Å². The highest BCUT2D eigenvalue weighted by molar-refractivity contribution is 7.98. The highest BCUT2D eigenvalue weighted by Crippen LogP contribution is 2.58. The number of hydrogen-bond acceptors (Lipinski definition) is 4. The molecule has 2 heterocycles. The lowest BCUT2D eigenvalue weighted by atomic mass is 9.92. The van der Waals surface area contributed by atoms with Crippen molar-refractivity contribution < 1.29 is 4.79 Å². The Kier molecular flexibility index (Phi) is 7.98. The van der Waals surface area contributed by atoms with Crippen LogP contribution in [0.5, 0.6) is 0 Å². The Labute approximate surface area is 177 Å². The molecule has 2 aliphatic rings. The molecule has 1 saturated heterocycles. The summed E-state index contributed by atoms with van der Waals surface area (Å²) in [5.41, 5.74) is 2.40. The number of hydrogen-bond donors (Lipinski definition) is 2. The third kappa shape index (κ3) is 5.38.